The minimum absolute atomic E-state index is 0.0205. The molecule has 0 atom stereocenters. The van der Waals surface area contributed by atoms with Gasteiger partial charge in [0.1, 0.15) is 5.75 Å². The molecule has 2 aromatic carbocycles. The standard InChI is InChI=1S/C17H20N2O7S2/c1-12-11-15(9-10-16(12)25-3)27(21,22)18-17(20)13-5-7-14(8-6-13)28(23,24)19(2)26-4/h5-11H,1-4H3,(H,18,20). The SMILES string of the molecule is COc1ccc(S(=O)(=O)NC(=O)c2ccc(S(=O)(=O)N(C)OC)cc2)cc1C. The fourth-order valence-corrected chi connectivity index (χ4v) is 4.31. The molecule has 0 aliphatic rings. The van der Waals surface area contributed by atoms with Crippen molar-refractivity contribution in [2.75, 3.05) is 21.3 Å². The molecule has 152 valence electrons. The lowest BCUT2D eigenvalue weighted by Gasteiger charge is -2.14. The van der Waals surface area contributed by atoms with Crippen molar-refractivity contribution < 1.29 is 31.2 Å². The molecule has 0 radical (unpaired) electrons. The molecule has 0 saturated heterocycles. The number of nitrogens with one attached hydrogen (secondary N) is 1. The molecule has 0 heterocycles. The van der Waals surface area contributed by atoms with Crippen molar-refractivity contribution in [3.05, 3.63) is 53.6 Å². The first-order valence-electron chi connectivity index (χ1n) is 7.88. The summed E-state index contributed by atoms with van der Waals surface area (Å²) >= 11 is 0. The van der Waals surface area contributed by atoms with E-state index in [9.17, 15) is 21.6 Å². The summed E-state index contributed by atoms with van der Waals surface area (Å²) in [6, 6.07) is 8.97. The van der Waals surface area contributed by atoms with E-state index in [1.54, 1.807) is 6.92 Å². The second-order valence-electron chi connectivity index (χ2n) is 5.69. The van der Waals surface area contributed by atoms with Crippen molar-refractivity contribution in [2.24, 2.45) is 0 Å². The highest BCUT2D eigenvalue weighted by molar-refractivity contribution is 7.90. The van der Waals surface area contributed by atoms with Crippen molar-refractivity contribution in [1.29, 1.82) is 0 Å². The van der Waals surface area contributed by atoms with Crippen LogP contribution in [0.3, 0.4) is 0 Å². The summed E-state index contributed by atoms with van der Waals surface area (Å²) in [7, 11) is -4.10. The molecule has 0 spiro atoms. The fraction of sp³-hybridized carbons (Fsp3) is 0.235. The number of hydrogen-bond acceptors (Lipinski definition) is 7. The molecule has 9 nitrogen and oxygen atoms in total. The van der Waals surface area contributed by atoms with Crippen LogP contribution < -0.4 is 9.46 Å². The minimum atomic E-state index is -4.11. The number of ether oxygens (including phenoxy) is 1. The van der Waals surface area contributed by atoms with Crippen LogP contribution in [0.1, 0.15) is 15.9 Å². The maximum absolute atomic E-state index is 12.4. The van der Waals surface area contributed by atoms with Gasteiger partial charge in [-0.3, -0.25) is 9.63 Å². The van der Waals surface area contributed by atoms with Gasteiger partial charge in [0, 0.05) is 12.6 Å². The third kappa shape index (κ3) is 4.50. The lowest BCUT2D eigenvalue weighted by atomic mass is 10.2. The monoisotopic (exact) mass is 428 g/mol. The molecule has 1 N–H and O–H groups in total. The summed E-state index contributed by atoms with van der Waals surface area (Å²) in [4.78, 5) is 16.8. The van der Waals surface area contributed by atoms with E-state index in [4.69, 9.17) is 4.74 Å². The predicted octanol–water partition coefficient (Wildman–Crippen LogP) is 1.30. The Kier molecular flexibility index (Phi) is 6.44. The van der Waals surface area contributed by atoms with E-state index in [0.717, 1.165) is 0 Å². The summed E-state index contributed by atoms with van der Waals surface area (Å²) in [6.07, 6.45) is 0. The van der Waals surface area contributed by atoms with Gasteiger partial charge in [-0.05, 0) is 55.0 Å². The molecule has 0 aliphatic carbocycles. The van der Waals surface area contributed by atoms with Crippen LogP contribution >= 0.6 is 0 Å². The van der Waals surface area contributed by atoms with E-state index in [1.165, 1.54) is 63.7 Å². The smallest absolute Gasteiger partial charge is 0.264 e. The first kappa shape index (κ1) is 21.8. The van der Waals surface area contributed by atoms with Crippen LogP contribution in [0.5, 0.6) is 5.75 Å². The van der Waals surface area contributed by atoms with Gasteiger partial charge in [-0.1, -0.05) is 4.47 Å². The zero-order chi connectivity index (χ0) is 21.1. The number of carbonyl (C=O) groups excluding carboxylic acids is 1. The van der Waals surface area contributed by atoms with Crippen LogP contribution in [0.15, 0.2) is 52.3 Å². The molecule has 0 fully saturated rings. The number of carbonyl (C=O) groups is 1. The Morgan fingerprint density at radius 3 is 2.04 bits per heavy atom. The molecule has 0 aliphatic heterocycles. The van der Waals surface area contributed by atoms with E-state index in [0.29, 0.717) is 15.8 Å². The number of aryl methyl sites for hydroxylation is 1. The fourth-order valence-electron chi connectivity index (χ4n) is 2.28. The van der Waals surface area contributed by atoms with Crippen molar-refractivity contribution in [3.8, 4) is 5.75 Å². The Bertz CT molecular complexity index is 1080. The van der Waals surface area contributed by atoms with Gasteiger partial charge in [0.2, 0.25) is 0 Å². The Morgan fingerprint density at radius 1 is 0.964 bits per heavy atom. The van der Waals surface area contributed by atoms with Gasteiger partial charge in [0.25, 0.3) is 26.0 Å². The maximum Gasteiger partial charge on any atom is 0.264 e. The molecular formula is C17H20N2O7S2. The van der Waals surface area contributed by atoms with Gasteiger partial charge < -0.3 is 4.74 Å². The van der Waals surface area contributed by atoms with Gasteiger partial charge >= 0.3 is 0 Å². The van der Waals surface area contributed by atoms with E-state index >= 15 is 0 Å². The summed E-state index contributed by atoms with van der Waals surface area (Å²) in [5, 5.41) is 0. The van der Waals surface area contributed by atoms with Crippen LogP contribution in [-0.4, -0.2) is 48.5 Å². The van der Waals surface area contributed by atoms with Gasteiger partial charge in [-0.2, -0.15) is 0 Å². The molecule has 0 bridgehead atoms. The molecule has 0 unspecified atom stereocenters. The minimum Gasteiger partial charge on any atom is -0.496 e. The van der Waals surface area contributed by atoms with Gasteiger partial charge in [-0.15, -0.1) is 0 Å². The molecule has 11 heteroatoms. The van der Waals surface area contributed by atoms with Gasteiger partial charge in [0.05, 0.1) is 24.0 Å². The normalized spacial score (nSPS) is 12.0. The van der Waals surface area contributed by atoms with Crippen LogP contribution in [-0.2, 0) is 24.9 Å². The van der Waals surface area contributed by atoms with Gasteiger partial charge in [0.15, 0.2) is 0 Å². The quantitative estimate of drug-likeness (QED) is 0.660. The molecular weight excluding hydrogens is 408 g/mol. The molecule has 28 heavy (non-hydrogen) atoms. The summed E-state index contributed by atoms with van der Waals surface area (Å²) < 4.78 is 56.8. The molecule has 2 aromatic rings. The Hall–Kier alpha value is -2.47. The average Bonchev–Trinajstić information content (AvgIpc) is 2.66. The van der Waals surface area contributed by atoms with Crippen molar-refractivity contribution in [1.82, 2.24) is 9.19 Å². The first-order valence-corrected chi connectivity index (χ1v) is 10.8. The largest absolute Gasteiger partial charge is 0.496 e. The highest BCUT2D eigenvalue weighted by Crippen LogP contribution is 2.21. The van der Waals surface area contributed by atoms with Crippen molar-refractivity contribution >= 4 is 26.0 Å². The number of hydrogen-bond donors (Lipinski definition) is 1. The number of methoxy groups -OCH3 is 1. The van der Waals surface area contributed by atoms with E-state index < -0.39 is 26.0 Å². The number of benzene rings is 2. The third-order valence-electron chi connectivity index (χ3n) is 3.91. The van der Waals surface area contributed by atoms with Crippen molar-refractivity contribution in [2.45, 2.75) is 16.7 Å². The van der Waals surface area contributed by atoms with Crippen LogP contribution in [0.2, 0.25) is 0 Å². The van der Waals surface area contributed by atoms with Crippen LogP contribution in [0.4, 0.5) is 0 Å². The average molecular weight is 428 g/mol. The topological polar surface area (TPSA) is 119 Å². The van der Waals surface area contributed by atoms with Crippen molar-refractivity contribution in [3.63, 3.8) is 0 Å². The number of rotatable bonds is 7. The Labute approximate surface area is 163 Å². The molecule has 2 rings (SSSR count). The number of amides is 1. The van der Waals surface area contributed by atoms with E-state index in [1.807, 2.05) is 4.72 Å². The first-order chi connectivity index (χ1) is 13.0. The second-order valence-corrected chi connectivity index (χ2v) is 9.31. The van der Waals surface area contributed by atoms with Gasteiger partial charge in [-0.25, -0.2) is 21.6 Å². The van der Waals surface area contributed by atoms with Crippen LogP contribution in [0.25, 0.3) is 0 Å². The summed E-state index contributed by atoms with van der Waals surface area (Å²) in [6.45, 7) is 1.68. The Balaban J connectivity index is 2.24. The highest BCUT2D eigenvalue weighted by Gasteiger charge is 2.23. The molecule has 0 aromatic heterocycles. The maximum atomic E-state index is 12.4. The number of nitrogens with zero attached hydrogens (tertiary/aromatic N) is 1. The zero-order valence-corrected chi connectivity index (χ0v) is 17.3. The number of hydroxylamine groups is 1. The van der Waals surface area contributed by atoms with Crippen LogP contribution in [0, 0.1) is 6.92 Å². The summed E-state index contributed by atoms with van der Waals surface area (Å²) in [5.74, 6) is -0.374. The lowest BCUT2D eigenvalue weighted by molar-refractivity contribution is -0.0258. The lowest BCUT2D eigenvalue weighted by Crippen LogP contribution is -2.30. The third-order valence-corrected chi connectivity index (χ3v) is 6.94. The van der Waals surface area contributed by atoms with E-state index in [-0.39, 0.29) is 15.4 Å². The summed E-state index contributed by atoms with van der Waals surface area (Å²) in [5.41, 5.74) is 0.572. The second kappa shape index (κ2) is 8.27. The van der Waals surface area contributed by atoms with E-state index in [2.05, 4.69) is 4.84 Å². The molecule has 0 saturated carbocycles. The Morgan fingerprint density at radius 2 is 1.54 bits per heavy atom. The predicted molar refractivity (Wildman–Crippen MR) is 101 cm³/mol. The zero-order valence-electron chi connectivity index (χ0n) is 15.7. The highest BCUT2D eigenvalue weighted by atomic mass is 32.2. The number of sulfonamides is 2. The molecule has 1 amide bonds.